The number of nitrogens with one attached hydrogen (secondary N) is 2. The van der Waals surface area contributed by atoms with E-state index in [4.69, 9.17) is 0 Å². The Morgan fingerprint density at radius 2 is 1.88 bits per heavy atom. The van der Waals surface area contributed by atoms with Crippen LogP contribution in [-0.4, -0.2) is 17.0 Å². The van der Waals surface area contributed by atoms with E-state index >= 15 is 0 Å². The van der Waals surface area contributed by atoms with Crippen LogP contribution >= 0.6 is 0 Å². The van der Waals surface area contributed by atoms with Crippen LogP contribution in [0.5, 0.6) is 5.75 Å². The number of hydrogen-bond acceptors (Lipinski definition) is 3. The highest BCUT2D eigenvalue weighted by Crippen LogP contribution is 2.29. The first-order chi connectivity index (χ1) is 7.58. The minimum absolute atomic E-state index is 0.125. The van der Waals surface area contributed by atoms with Gasteiger partial charge in [0.1, 0.15) is 11.3 Å². The molecule has 1 aliphatic rings. The predicted octanol–water partition coefficient (Wildman–Crippen LogP) is 0.837. The zero-order valence-electron chi connectivity index (χ0n) is 8.78. The van der Waals surface area contributed by atoms with E-state index in [9.17, 15) is 14.7 Å². The maximum atomic E-state index is 11.8. The Morgan fingerprint density at radius 3 is 2.31 bits per heavy atom. The number of phenolic OH excluding ortho intramolecular Hbond substituents is 1. The molecule has 3 amide bonds. The number of phenols is 1. The molecular weight excluding hydrogens is 208 g/mol. The van der Waals surface area contributed by atoms with E-state index in [0.29, 0.717) is 12.0 Å². The van der Waals surface area contributed by atoms with Gasteiger partial charge in [0.25, 0.3) is 5.91 Å². The van der Waals surface area contributed by atoms with Gasteiger partial charge in [0.2, 0.25) is 0 Å². The van der Waals surface area contributed by atoms with Crippen molar-refractivity contribution in [1.29, 1.82) is 0 Å². The van der Waals surface area contributed by atoms with E-state index in [1.807, 2.05) is 6.92 Å². The summed E-state index contributed by atoms with van der Waals surface area (Å²) in [7, 11) is 0. The van der Waals surface area contributed by atoms with Gasteiger partial charge in [-0.2, -0.15) is 0 Å². The molecule has 0 radical (unpaired) electrons. The molecule has 2 rings (SSSR count). The van der Waals surface area contributed by atoms with E-state index in [0.717, 1.165) is 0 Å². The summed E-state index contributed by atoms with van der Waals surface area (Å²) in [6, 6.07) is 5.75. The highest BCUT2D eigenvalue weighted by Gasteiger charge is 2.45. The first-order valence-corrected chi connectivity index (χ1v) is 5.01. The number of aromatic hydroxyl groups is 1. The number of benzene rings is 1. The van der Waals surface area contributed by atoms with Crippen LogP contribution in [0.1, 0.15) is 18.9 Å². The summed E-state index contributed by atoms with van der Waals surface area (Å²) in [6.45, 7) is 1.82. The summed E-state index contributed by atoms with van der Waals surface area (Å²) in [5.74, 6) is -0.231. The Morgan fingerprint density at radius 1 is 1.25 bits per heavy atom. The third kappa shape index (κ3) is 1.41. The number of urea groups is 1. The van der Waals surface area contributed by atoms with Crippen molar-refractivity contribution < 1.29 is 14.7 Å². The van der Waals surface area contributed by atoms with Gasteiger partial charge in [0.15, 0.2) is 0 Å². The SMILES string of the molecule is CC[C@@]1(c2ccc(O)cc2)NC(=O)NC1=O. The largest absolute Gasteiger partial charge is 0.508 e. The molecule has 0 aromatic heterocycles. The Labute approximate surface area is 92.5 Å². The first kappa shape index (κ1) is 10.5. The van der Waals surface area contributed by atoms with Crippen molar-refractivity contribution in [2.75, 3.05) is 0 Å². The Kier molecular flexibility index (Phi) is 2.30. The fraction of sp³-hybridized carbons (Fsp3) is 0.273. The van der Waals surface area contributed by atoms with Gasteiger partial charge in [-0.1, -0.05) is 19.1 Å². The van der Waals surface area contributed by atoms with Gasteiger partial charge in [-0.3, -0.25) is 10.1 Å². The average molecular weight is 220 g/mol. The minimum Gasteiger partial charge on any atom is -0.508 e. The molecular formula is C11H12N2O3. The zero-order chi connectivity index (χ0) is 11.8. The number of carbonyl (C=O) groups excluding carboxylic acids is 2. The quantitative estimate of drug-likeness (QED) is 0.646. The Hall–Kier alpha value is -2.04. The van der Waals surface area contributed by atoms with Crippen molar-refractivity contribution in [3.8, 4) is 5.75 Å². The molecule has 0 aliphatic carbocycles. The number of amides is 3. The van der Waals surface area contributed by atoms with Gasteiger partial charge in [-0.15, -0.1) is 0 Å². The van der Waals surface area contributed by atoms with Crippen LogP contribution in [0.3, 0.4) is 0 Å². The van der Waals surface area contributed by atoms with Gasteiger partial charge >= 0.3 is 6.03 Å². The summed E-state index contributed by atoms with van der Waals surface area (Å²) >= 11 is 0. The highest BCUT2D eigenvalue weighted by atomic mass is 16.3. The van der Waals surface area contributed by atoms with E-state index < -0.39 is 11.6 Å². The van der Waals surface area contributed by atoms with Crippen molar-refractivity contribution in [2.45, 2.75) is 18.9 Å². The Balaban J connectivity index is 2.46. The molecule has 1 heterocycles. The molecule has 1 aromatic rings. The third-order valence-corrected chi connectivity index (χ3v) is 2.83. The van der Waals surface area contributed by atoms with E-state index in [1.165, 1.54) is 12.1 Å². The van der Waals surface area contributed by atoms with Crippen LogP contribution in [0.25, 0.3) is 0 Å². The standard InChI is InChI=1S/C11H12N2O3/c1-2-11(9(15)12-10(16)13-11)7-3-5-8(14)6-4-7/h3-6,14H,2H2,1H3,(H2,12,13,15,16)/t11-/m0/s1. The van der Waals surface area contributed by atoms with Crippen molar-refractivity contribution in [3.63, 3.8) is 0 Å². The van der Waals surface area contributed by atoms with E-state index in [2.05, 4.69) is 10.6 Å². The van der Waals surface area contributed by atoms with Crippen molar-refractivity contribution in [1.82, 2.24) is 10.6 Å². The fourth-order valence-corrected chi connectivity index (χ4v) is 1.89. The van der Waals surface area contributed by atoms with Gasteiger partial charge in [-0.25, -0.2) is 4.79 Å². The maximum Gasteiger partial charge on any atom is 0.322 e. The lowest BCUT2D eigenvalue weighted by atomic mass is 9.87. The summed E-state index contributed by atoms with van der Waals surface area (Å²) in [4.78, 5) is 22.9. The fourth-order valence-electron chi connectivity index (χ4n) is 1.89. The number of hydrogen-bond donors (Lipinski definition) is 3. The first-order valence-electron chi connectivity index (χ1n) is 5.01. The van der Waals surface area contributed by atoms with E-state index in [1.54, 1.807) is 12.1 Å². The number of imide groups is 1. The van der Waals surface area contributed by atoms with Crippen molar-refractivity contribution in [2.24, 2.45) is 0 Å². The monoisotopic (exact) mass is 220 g/mol. The molecule has 0 unspecified atom stereocenters. The predicted molar refractivity (Wildman–Crippen MR) is 56.8 cm³/mol. The molecule has 1 saturated heterocycles. The van der Waals surface area contributed by atoms with Gasteiger partial charge in [-0.05, 0) is 24.1 Å². The van der Waals surface area contributed by atoms with Crippen LogP contribution in [-0.2, 0) is 10.3 Å². The smallest absolute Gasteiger partial charge is 0.322 e. The van der Waals surface area contributed by atoms with E-state index in [-0.39, 0.29) is 11.7 Å². The number of rotatable bonds is 2. The van der Waals surface area contributed by atoms with Crippen LogP contribution in [0, 0.1) is 0 Å². The molecule has 0 bridgehead atoms. The molecule has 0 saturated carbocycles. The van der Waals surface area contributed by atoms with Gasteiger partial charge in [0.05, 0.1) is 0 Å². The number of carbonyl (C=O) groups is 2. The van der Waals surface area contributed by atoms with Gasteiger partial charge in [0, 0.05) is 0 Å². The molecule has 1 aliphatic heterocycles. The third-order valence-electron chi connectivity index (χ3n) is 2.83. The van der Waals surface area contributed by atoms with Crippen molar-refractivity contribution in [3.05, 3.63) is 29.8 Å². The van der Waals surface area contributed by atoms with Crippen LogP contribution in [0.4, 0.5) is 4.79 Å². The molecule has 5 nitrogen and oxygen atoms in total. The summed E-state index contributed by atoms with van der Waals surface area (Å²) < 4.78 is 0. The van der Waals surface area contributed by atoms with Crippen molar-refractivity contribution >= 4 is 11.9 Å². The molecule has 84 valence electrons. The molecule has 5 heteroatoms. The van der Waals surface area contributed by atoms with Crippen LogP contribution < -0.4 is 10.6 Å². The lowest BCUT2D eigenvalue weighted by Crippen LogP contribution is -2.43. The minimum atomic E-state index is -1.01. The molecule has 0 spiro atoms. The lowest BCUT2D eigenvalue weighted by molar-refractivity contribution is -0.124. The second kappa shape index (κ2) is 3.52. The second-order valence-corrected chi connectivity index (χ2v) is 3.71. The zero-order valence-corrected chi connectivity index (χ0v) is 8.78. The molecule has 1 aromatic carbocycles. The summed E-state index contributed by atoms with van der Waals surface area (Å²) in [5, 5.41) is 14.0. The normalized spacial score (nSPS) is 24.1. The molecule has 1 atom stereocenters. The molecule has 3 N–H and O–H groups in total. The van der Waals surface area contributed by atoms with Crippen LogP contribution in [0.2, 0.25) is 0 Å². The second-order valence-electron chi connectivity index (χ2n) is 3.71. The average Bonchev–Trinajstić information content (AvgIpc) is 2.55. The summed E-state index contributed by atoms with van der Waals surface area (Å²) in [5.41, 5.74) is -0.346. The molecule has 1 fully saturated rings. The highest BCUT2D eigenvalue weighted by molar-refractivity contribution is 6.07. The summed E-state index contributed by atoms with van der Waals surface area (Å²) in [6.07, 6.45) is 0.454. The van der Waals surface area contributed by atoms with Gasteiger partial charge < -0.3 is 10.4 Å². The Bertz CT molecular complexity index is 441. The van der Waals surface area contributed by atoms with Crippen LogP contribution in [0.15, 0.2) is 24.3 Å². The maximum absolute atomic E-state index is 11.8. The lowest BCUT2D eigenvalue weighted by Gasteiger charge is -2.24. The molecule has 16 heavy (non-hydrogen) atoms. The topological polar surface area (TPSA) is 78.4 Å².